The molecule has 0 aliphatic carbocycles. The number of benzene rings is 1. The van der Waals surface area contributed by atoms with Crippen LogP contribution in [0.2, 0.25) is 5.02 Å². The lowest BCUT2D eigenvalue weighted by Crippen LogP contribution is -2.56. The number of para-hydroxylation sites is 1. The zero-order valence-electron chi connectivity index (χ0n) is 13.3. The molecule has 0 spiro atoms. The highest BCUT2D eigenvalue weighted by Crippen LogP contribution is 2.31. The van der Waals surface area contributed by atoms with Crippen molar-refractivity contribution in [3.63, 3.8) is 0 Å². The number of anilines is 1. The average molecular weight is 322 g/mol. The summed E-state index contributed by atoms with van der Waals surface area (Å²) in [5, 5.41) is 3.64. The van der Waals surface area contributed by atoms with Gasteiger partial charge in [-0.25, -0.2) is 4.79 Å². The van der Waals surface area contributed by atoms with E-state index >= 15 is 0 Å². The monoisotopic (exact) mass is 321 g/mol. The predicted molar refractivity (Wildman–Crippen MR) is 90.5 cm³/mol. The summed E-state index contributed by atoms with van der Waals surface area (Å²) in [5.41, 5.74) is 1.74. The van der Waals surface area contributed by atoms with Crippen LogP contribution in [0, 0.1) is 12.8 Å². The lowest BCUT2D eigenvalue weighted by molar-refractivity contribution is 0.0579. The van der Waals surface area contributed by atoms with Crippen LogP contribution in [0.15, 0.2) is 18.2 Å². The minimum absolute atomic E-state index is 0.00421. The predicted octanol–water partition coefficient (Wildman–Crippen LogP) is 3.60. The van der Waals surface area contributed by atoms with Crippen LogP contribution in [0.4, 0.5) is 10.5 Å². The molecule has 2 atom stereocenters. The molecule has 3 rings (SSSR count). The number of halogens is 1. The van der Waals surface area contributed by atoms with Crippen LogP contribution >= 0.6 is 11.6 Å². The van der Waals surface area contributed by atoms with E-state index < -0.39 is 0 Å². The van der Waals surface area contributed by atoms with Crippen molar-refractivity contribution in [2.75, 3.05) is 32.0 Å². The maximum Gasteiger partial charge on any atom is 0.322 e. The van der Waals surface area contributed by atoms with Gasteiger partial charge in [-0.05, 0) is 57.3 Å². The number of likely N-dealkylation sites (tertiary alicyclic amines) is 2. The van der Waals surface area contributed by atoms with Gasteiger partial charge in [0.15, 0.2) is 0 Å². The Morgan fingerprint density at radius 1 is 1.32 bits per heavy atom. The number of aryl methyl sites for hydroxylation is 1. The van der Waals surface area contributed by atoms with Crippen LogP contribution in [0.3, 0.4) is 0 Å². The van der Waals surface area contributed by atoms with Gasteiger partial charge in [0.1, 0.15) is 0 Å². The molecule has 0 radical (unpaired) electrons. The van der Waals surface area contributed by atoms with Crippen LogP contribution in [0.5, 0.6) is 0 Å². The molecule has 1 aromatic carbocycles. The molecule has 4 nitrogen and oxygen atoms in total. The Balaban J connectivity index is 1.74. The summed E-state index contributed by atoms with van der Waals surface area (Å²) >= 11 is 6.23. The molecule has 2 fully saturated rings. The zero-order valence-corrected chi connectivity index (χ0v) is 14.1. The maximum absolute atomic E-state index is 12.8. The quantitative estimate of drug-likeness (QED) is 0.858. The van der Waals surface area contributed by atoms with Crippen LogP contribution in [0.1, 0.15) is 24.8 Å². The molecule has 0 saturated carbocycles. The number of carbonyl (C=O) groups is 1. The van der Waals surface area contributed by atoms with Gasteiger partial charge in [0.2, 0.25) is 0 Å². The number of hydrogen-bond donors (Lipinski definition) is 1. The number of fused-ring (bicyclic) bond motifs is 1. The van der Waals surface area contributed by atoms with E-state index in [1.165, 1.54) is 6.42 Å². The van der Waals surface area contributed by atoms with E-state index in [-0.39, 0.29) is 6.03 Å². The molecule has 120 valence electrons. The van der Waals surface area contributed by atoms with Crippen molar-refractivity contribution in [3.05, 3.63) is 28.8 Å². The number of nitrogens with one attached hydrogen (secondary N) is 1. The number of rotatable bonds is 1. The molecule has 22 heavy (non-hydrogen) atoms. The molecule has 0 bridgehead atoms. The van der Waals surface area contributed by atoms with Crippen LogP contribution in [0.25, 0.3) is 0 Å². The number of amides is 2. The minimum atomic E-state index is -0.00421. The van der Waals surface area contributed by atoms with E-state index in [0.29, 0.717) is 17.0 Å². The Morgan fingerprint density at radius 3 is 2.91 bits per heavy atom. The third-order valence-electron chi connectivity index (χ3n) is 4.99. The van der Waals surface area contributed by atoms with E-state index in [2.05, 4.69) is 17.3 Å². The van der Waals surface area contributed by atoms with Crippen molar-refractivity contribution >= 4 is 23.3 Å². The Kier molecular flexibility index (Phi) is 4.59. The van der Waals surface area contributed by atoms with Gasteiger partial charge in [0.05, 0.1) is 10.7 Å². The van der Waals surface area contributed by atoms with Crippen molar-refractivity contribution < 1.29 is 4.79 Å². The first kappa shape index (κ1) is 15.6. The molecule has 2 amide bonds. The van der Waals surface area contributed by atoms with Crippen molar-refractivity contribution in [2.45, 2.75) is 32.2 Å². The van der Waals surface area contributed by atoms with Gasteiger partial charge in [0, 0.05) is 19.1 Å². The molecule has 2 aliphatic rings. The molecule has 5 heteroatoms. The van der Waals surface area contributed by atoms with Gasteiger partial charge >= 0.3 is 6.03 Å². The second-order valence-corrected chi connectivity index (χ2v) is 6.98. The largest absolute Gasteiger partial charge is 0.322 e. The molecular weight excluding hydrogens is 298 g/mol. The van der Waals surface area contributed by atoms with Gasteiger partial charge in [-0.2, -0.15) is 0 Å². The normalized spacial score (nSPS) is 25.7. The average Bonchev–Trinajstić information content (AvgIpc) is 2.50. The summed E-state index contributed by atoms with van der Waals surface area (Å²) in [6.07, 6.45) is 3.38. The number of piperidine rings is 2. The van der Waals surface area contributed by atoms with Crippen molar-refractivity contribution in [1.82, 2.24) is 9.80 Å². The van der Waals surface area contributed by atoms with Crippen LogP contribution < -0.4 is 5.32 Å². The standard InChI is InChI=1S/C17H24ClN3O/c1-12-5-3-7-14(18)16(12)19-17(22)21-9-4-6-13-11-20(2)10-8-15(13)21/h3,5,7,13,15H,4,6,8-11H2,1-2H3,(H,19,22). The Morgan fingerprint density at radius 2 is 2.14 bits per heavy atom. The van der Waals surface area contributed by atoms with E-state index in [9.17, 15) is 4.79 Å². The molecule has 1 N–H and O–H groups in total. The van der Waals surface area contributed by atoms with Crippen molar-refractivity contribution in [1.29, 1.82) is 0 Å². The molecular formula is C17H24ClN3O. The summed E-state index contributed by atoms with van der Waals surface area (Å²) in [6.45, 7) is 4.98. The topological polar surface area (TPSA) is 35.6 Å². The second kappa shape index (κ2) is 6.47. The minimum Gasteiger partial charge on any atom is -0.321 e. The lowest BCUT2D eigenvalue weighted by atomic mass is 9.84. The highest BCUT2D eigenvalue weighted by Gasteiger charge is 2.37. The third-order valence-corrected chi connectivity index (χ3v) is 5.30. The van der Waals surface area contributed by atoms with Gasteiger partial charge < -0.3 is 15.1 Å². The first-order valence-electron chi connectivity index (χ1n) is 8.07. The fourth-order valence-electron chi connectivity index (χ4n) is 3.81. The molecule has 2 heterocycles. The van der Waals surface area contributed by atoms with Gasteiger partial charge in [-0.1, -0.05) is 23.7 Å². The smallest absolute Gasteiger partial charge is 0.321 e. The van der Waals surface area contributed by atoms with Gasteiger partial charge in [-0.15, -0.1) is 0 Å². The molecule has 1 aromatic rings. The van der Waals surface area contributed by atoms with Crippen LogP contribution in [-0.2, 0) is 0 Å². The Hall–Kier alpha value is -1.26. The Labute approximate surface area is 137 Å². The van der Waals surface area contributed by atoms with Crippen LogP contribution in [-0.4, -0.2) is 48.6 Å². The number of hydrogen-bond acceptors (Lipinski definition) is 2. The second-order valence-electron chi connectivity index (χ2n) is 6.58. The highest BCUT2D eigenvalue weighted by atomic mass is 35.5. The van der Waals surface area contributed by atoms with Gasteiger partial charge in [-0.3, -0.25) is 0 Å². The molecule has 0 aromatic heterocycles. The van der Waals surface area contributed by atoms with E-state index in [1.807, 2.05) is 30.0 Å². The maximum atomic E-state index is 12.8. The molecule has 2 saturated heterocycles. The molecule has 2 unspecified atom stereocenters. The lowest BCUT2D eigenvalue weighted by Gasteiger charge is -2.46. The zero-order chi connectivity index (χ0) is 15.7. The van der Waals surface area contributed by atoms with Crippen molar-refractivity contribution in [3.8, 4) is 0 Å². The third kappa shape index (κ3) is 3.08. The first-order valence-corrected chi connectivity index (χ1v) is 8.45. The van der Waals surface area contributed by atoms with E-state index in [1.54, 1.807) is 0 Å². The fraction of sp³-hybridized carbons (Fsp3) is 0.588. The fourth-order valence-corrected chi connectivity index (χ4v) is 4.08. The molecule has 2 aliphatic heterocycles. The summed E-state index contributed by atoms with van der Waals surface area (Å²) in [4.78, 5) is 17.2. The van der Waals surface area contributed by atoms with E-state index in [4.69, 9.17) is 11.6 Å². The number of urea groups is 1. The summed E-state index contributed by atoms with van der Waals surface area (Å²) in [6, 6.07) is 6.05. The van der Waals surface area contributed by atoms with Crippen molar-refractivity contribution in [2.24, 2.45) is 5.92 Å². The SMILES string of the molecule is Cc1cccc(Cl)c1NC(=O)N1CCCC2CN(C)CCC21. The van der Waals surface area contributed by atoms with E-state index in [0.717, 1.165) is 43.7 Å². The summed E-state index contributed by atoms with van der Waals surface area (Å²) in [5.74, 6) is 0.602. The summed E-state index contributed by atoms with van der Waals surface area (Å²) in [7, 11) is 2.17. The first-order chi connectivity index (χ1) is 10.6. The highest BCUT2D eigenvalue weighted by molar-refractivity contribution is 6.33. The summed E-state index contributed by atoms with van der Waals surface area (Å²) < 4.78 is 0. The number of carbonyl (C=O) groups excluding carboxylic acids is 1. The van der Waals surface area contributed by atoms with Gasteiger partial charge in [0.25, 0.3) is 0 Å². The Bertz CT molecular complexity index is 543. The number of nitrogens with zero attached hydrogens (tertiary/aromatic N) is 2.